The summed E-state index contributed by atoms with van der Waals surface area (Å²) in [6.45, 7) is 3.67. The van der Waals surface area contributed by atoms with Crippen molar-refractivity contribution >= 4 is 12.0 Å². The number of likely N-dealkylation sites (tertiary alicyclic amines) is 1. The number of aromatic hydroxyl groups is 1. The molecule has 150 valence electrons. The highest BCUT2D eigenvalue weighted by molar-refractivity contribution is 5.97. The van der Waals surface area contributed by atoms with E-state index < -0.39 is 5.91 Å². The summed E-state index contributed by atoms with van der Waals surface area (Å²) in [4.78, 5) is 25.5. The van der Waals surface area contributed by atoms with Crippen molar-refractivity contribution in [2.45, 2.75) is 32.2 Å². The molecular weight excluding hydrogens is 360 g/mol. The molecule has 1 aromatic rings. The van der Waals surface area contributed by atoms with E-state index in [9.17, 15) is 20.0 Å². The molecule has 0 aliphatic carbocycles. The van der Waals surface area contributed by atoms with Crippen molar-refractivity contribution in [1.82, 2.24) is 15.5 Å². The van der Waals surface area contributed by atoms with Crippen molar-refractivity contribution < 1.29 is 19.4 Å². The predicted octanol–water partition coefficient (Wildman–Crippen LogP) is 1.67. The number of phenolic OH excluding ortho intramolecular Hbond substituents is 1. The summed E-state index contributed by atoms with van der Waals surface area (Å²) in [5.41, 5.74) is 0.991. The summed E-state index contributed by atoms with van der Waals surface area (Å²) in [5, 5.41) is 24.3. The molecule has 1 aromatic carbocycles. The van der Waals surface area contributed by atoms with Gasteiger partial charge < -0.3 is 25.4 Å². The van der Waals surface area contributed by atoms with Gasteiger partial charge in [0.1, 0.15) is 17.4 Å². The number of nitriles is 1. The van der Waals surface area contributed by atoms with E-state index in [4.69, 9.17) is 4.74 Å². The summed E-state index contributed by atoms with van der Waals surface area (Å²) in [5.74, 6) is -0.237. The van der Waals surface area contributed by atoms with Gasteiger partial charge in [0.25, 0.3) is 5.91 Å². The van der Waals surface area contributed by atoms with Crippen molar-refractivity contribution in [2.24, 2.45) is 0 Å². The Labute approximate surface area is 164 Å². The van der Waals surface area contributed by atoms with Crippen LogP contribution in [0.4, 0.5) is 4.79 Å². The quantitative estimate of drug-likeness (QED) is 0.485. The monoisotopic (exact) mass is 386 g/mol. The van der Waals surface area contributed by atoms with Gasteiger partial charge in [0.2, 0.25) is 0 Å². The average molecular weight is 386 g/mol. The van der Waals surface area contributed by atoms with Crippen molar-refractivity contribution in [3.63, 3.8) is 0 Å². The van der Waals surface area contributed by atoms with Crippen LogP contribution in [0.25, 0.3) is 0 Å². The van der Waals surface area contributed by atoms with Crippen LogP contribution in [0.15, 0.2) is 36.0 Å². The fraction of sp³-hybridized carbons (Fsp3) is 0.450. The number of hydrogen-bond donors (Lipinski definition) is 3. The van der Waals surface area contributed by atoms with Gasteiger partial charge in [-0.25, -0.2) is 4.79 Å². The first-order valence-corrected chi connectivity index (χ1v) is 9.37. The van der Waals surface area contributed by atoms with Gasteiger partial charge in [-0.2, -0.15) is 5.26 Å². The largest absolute Gasteiger partial charge is 0.508 e. The Bertz CT molecular complexity index is 732. The summed E-state index contributed by atoms with van der Waals surface area (Å²) < 4.78 is 4.99. The topological polar surface area (TPSA) is 115 Å². The minimum absolute atomic E-state index is 0.0125. The molecule has 1 heterocycles. The van der Waals surface area contributed by atoms with Gasteiger partial charge in [0.15, 0.2) is 0 Å². The number of carbonyl (C=O) groups excluding carboxylic acids is 2. The van der Waals surface area contributed by atoms with Crippen LogP contribution in [0.5, 0.6) is 5.75 Å². The molecule has 28 heavy (non-hydrogen) atoms. The summed E-state index contributed by atoms with van der Waals surface area (Å²) in [6.07, 6.45) is 3.18. The average Bonchev–Trinajstić information content (AvgIpc) is 2.70. The third-order valence-electron chi connectivity index (χ3n) is 4.48. The standard InChI is InChI=1S/C20H26N4O4/c1-2-28-20(27)24-11-8-17(9-12-24)23-14-16(13-21)19(26)22-10-7-15-3-5-18(25)6-4-15/h3-6,14,17,23,25H,2,7-12H2,1H3,(H,22,26)/b16-14-. The molecule has 1 aliphatic rings. The lowest BCUT2D eigenvalue weighted by Gasteiger charge is -2.31. The smallest absolute Gasteiger partial charge is 0.409 e. The van der Waals surface area contributed by atoms with Crippen LogP contribution in [0.1, 0.15) is 25.3 Å². The van der Waals surface area contributed by atoms with Gasteiger partial charge in [-0.15, -0.1) is 0 Å². The second kappa shape index (κ2) is 10.8. The van der Waals surface area contributed by atoms with Crippen LogP contribution in [0.2, 0.25) is 0 Å². The molecule has 2 amide bonds. The molecule has 0 bridgehead atoms. The van der Waals surface area contributed by atoms with E-state index in [1.54, 1.807) is 36.1 Å². The number of hydrogen-bond acceptors (Lipinski definition) is 6. The third kappa shape index (κ3) is 6.50. The maximum atomic E-state index is 12.2. The maximum absolute atomic E-state index is 12.2. The highest BCUT2D eigenvalue weighted by Gasteiger charge is 2.23. The summed E-state index contributed by atoms with van der Waals surface area (Å²) in [7, 11) is 0. The van der Waals surface area contributed by atoms with Crippen LogP contribution in [-0.2, 0) is 16.0 Å². The molecule has 0 radical (unpaired) electrons. The number of phenols is 1. The highest BCUT2D eigenvalue weighted by Crippen LogP contribution is 2.12. The van der Waals surface area contributed by atoms with Crippen molar-refractivity contribution in [3.05, 3.63) is 41.6 Å². The molecule has 8 heteroatoms. The zero-order valence-corrected chi connectivity index (χ0v) is 16.0. The molecule has 1 saturated heterocycles. The lowest BCUT2D eigenvalue weighted by atomic mass is 10.1. The SMILES string of the molecule is CCOC(=O)N1CCC(N/C=C(/C#N)C(=O)NCCc2ccc(O)cc2)CC1. The van der Waals surface area contributed by atoms with Crippen LogP contribution >= 0.6 is 0 Å². The van der Waals surface area contributed by atoms with E-state index in [1.165, 1.54) is 6.20 Å². The maximum Gasteiger partial charge on any atom is 0.409 e. The number of nitrogens with zero attached hydrogens (tertiary/aromatic N) is 2. The lowest BCUT2D eigenvalue weighted by molar-refractivity contribution is -0.117. The van der Waals surface area contributed by atoms with Crippen LogP contribution < -0.4 is 10.6 Å². The number of rotatable bonds is 7. The first kappa shape index (κ1) is 21.1. The summed E-state index contributed by atoms with van der Waals surface area (Å²) >= 11 is 0. The molecule has 3 N–H and O–H groups in total. The molecular formula is C20H26N4O4. The zero-order chi connectivity index (χ0) is 20.4. The van der Waals surface area contributed by atoms with Crippen molar-refractivity contribution in [2.75, 3.05) is 26.2 Å². The highest BCUT2D eigenvalue weighted by atomic mass is 16.6. The molecule has 0 aromatic heterocycles. The Hall–Kier alpha value is -3.21. The number of benzene rings is 1. The minimum Gasteiger partial charge on any atom is -0.508 e. The van der Waals surface area contributed by atoms with Gasteiger partial charge in [0.05, 0.1) is 6.61 Å². The second-order valence-corrected chi connectivity index (χ2v) is 6.47. The normalized spacial score (nSPS) is 14.9. The molecule has 1 fully saturated rings. The Kier molecular flexibility index (Phi) is 8.15. The molecule has 8 nitrogen and oxygen atoms in total. The van der Waals surface area contributed by atoms with E-state index in [2.05, 4.69) is 10.6 Å². The van der Waals surface area contributed by atoms with Crippen molar-refractivity contribution in [1.29, 1.82) is 5.26 Å². The number of ether oxygens (including phenoxy) is 1. The zero-order valence-electron chi connectivity index (χ0n) is 16.0. The molecule has 2 rings (SSSR count). The van der Waals surface area contributed by atoms with Gasteiger partial charge >= 0.3 is 6.09 Å². The molecule has 0 spiro atoms. The van der Waals surface area contributed by atoms with E-state index in [0.29, 0.717) is 32.7 Å². The van der Waals surface area contributed by atoms with E-state index >= 15 is 0 Å². The van der Waals surface area contributed by atoms with Crippen molar-refractivity contribution in [3.8, 4) is 11.8 Å². The number of amides is 2. The van der Waals surface area contributed by atoms with Crippen LogP contribution in [0.3, 0.4) is 0 Å². The molecule has 0 saturated carbocycles. The first-order valence-electron chi connectivity index (χ1n) is 9.37. The Morgan fingerprint density at radius 3 is 2.61 bits per heavy atom. The molecule has 1 aliphatic heterocycles. The van der Waals surface area contributed by atoms with Gasteiger partial charge in [-0.3, -0.25) is 4.79 Å². The fourth-order valence-corrected chi connectivity index (χ4v) is 2.87. The van der Waals surface area contributed by atoms with Gasteiger partial charge in [-0.1, -0.05) is 12.1 Å². The molecule has 0 atom stereocenters. The molecule has 0 unspecified atom stereocenters. The van der Waals surface area contributed by atoms with E-state index in [1.807, 2.05) is 6.07 Å². The first-order chi connectivity index (χ1) is 13.5. The minimum atomic E-state index is -0.433. The van der Waals surface area contributed by atoms with E-state index in [-0.39, 0.29) is 23.5 Å². The number of carbonyl (C=O) groups is 2. The Morgan fingerprint density at radius 2 is 2.00 bits per heavy atom. The lowest BCUT2D eigenvalue weighted by Crippen LogP contribution is -2.44. The van der Waals surface area contributed by atoms with Gasteiger partial charge in [-0.05, 0) is 43.9 Å². The van der Waals surface area contributed by atoms with Gasteiger partial charge in [0, 0.05) is 31.9 Å². The van der Waals surface area contributed by atoms with E-state index in [0.717, 1.165) is 18.4 Å². The third-order valence-corrected chi connectivity index (χ3v) is 4.48. The fourth-order valence-electron chi connectivity index (χ4n) is 2.87. The second-order valence-electron chi connectivity index (χ2n) is 6.47. The number of piperidine rings is 1. The number of nitrogens with one attached hydrogen (secondary N) is 2. The summed E-state index contributed by atoms with van der Waals surface area (Å²) in [6, 6.07) is 8.76. The predicted molar refractivity (Wildman–Crippen MR) is 103 cm³/mol. The Balaban J connectivity index is 1.75. The van der Waals surface area contributed by atoms with Crippen LogP contribution in [-0.4, -0.2) is 54.3 Å². The van der Waals surface area contributed by atoms with Crippen LogP contribution in [0, 0.1) is 11.3 Å². The Morgan fingerprint density at radius 1 is 1.32 bits per heavy atom.